The first-order valence-electron chi connectivity index (χ1n) is 8.36. The number of rotatable bonds is 4. The zero-order valence-corrected chi connectivity index (χ0v) is 14.0. The Bertz CT molecular complexity index is 599. The highest BCUT2D eigenvalue weighted by atomic mass is 16.5. The van der Waals surface area contributed by atoms with Crippen molar-refractivity contribution in [1.29, 1.82) is 0 Å². The number of hydrogen-bond acceptors (Lipinski definition) is 5. The van der Waals surface area contributed by atoms with Gasteiger partial charge in [-0.25, -0.2) is 0 Å². The van der Waals surface area contributed by atoms with Gasteiger partial charge in [0.2, 0.25) is 11.8 Å². The average Bonchev–Trinajstić information content (AvgIpc) is 2.63. The van der Waals surface area contributed by atoms with E-state index in [1.807, 2.05) is 29.2 Å². The molecule has 2 amide bonds. The molecule has 0 radical (unpaired) electrons. The van der Waals surface area contributed by atoms with Crippen molar-refractivity contribution in [1.82, 2.24) is 15.5 Å². The molecule has 0 spiro atoms. The monoisotopic (exact) mass is 332 g/mol. The number of piperazine rings is 2. The Kier molecular flexibility index (Phi) is 5.20. The second-order valence-corrected chi connectivity index (χ2v) is 6.04. The molecule has 0 aliphatic carbocycles. The molecule has 2 aliphatic heterocycles. The smallest absolute Gasteiger partial charge is 0.237 e. The van der Waals surface area contributed by atoms with Gasteiger partial charge >= 0.3 is 0 Å². The number of ether oxygens (including phenoxy) is 1. The van der Waals surface area contributed by atoms with Crippen LogP contribution in [0.25, 0.3) is 0 Å². The van der Waals surface area contributed by atoms with Crippen LogP contribution in [0.5, 0.6) is 5.75 Å². The van der Waals surface area contributed by atoms with Gasteiger partial charge in [0.1, 0.15) is 5.75 Å². The first kappa shape index (κ1) is 16.6. The van der Waals surface area contributed by atoms with Gasteiger partial charge in [-0.1, -0.05) is 12.1 Å². The highest BCUT2D eigenvalue weighted by molar-refractivity contribution is 5.89. The molecular formula is C17H24N4O3. The van der Waals surface area contributed by atoms with Crippen LogP contribution in [0, 0.1) is 0 Å². The molecule has 1 atom stereocenters. The van der Waals surface area contributed by atoms with Crippen LogP contribution in [-0.4, -0.2) is 69.1 Å². The van der Waals surface area contributed by atoms with E-state index in [0.717, 1.165) is 24.5 Å². The summed E-state index contributed by atoms with van der Waals surface area (Å²) in [6.45, 7) is 4.18. The lowest BCUT2D eigenvalue weighted by atomic mass is 10.1. The highest BCUT2D eigenvalue weighted by Gasteiger charge is 2.28. The van der Waals surface area contributed by atoms with E-state index in [1.165, 1.54) is 0 Å². The first-order valence-corrected chi connectivity index (χ1v) is 8.36. The maximum absolute atomic E-state index is 12.4. The maximum atomic E-state index is 12.4. The summed E-state index contributed by atoms with van der Waals surface area (Å²) < 4.78 is 5.41. The Labute approximate surface area is 141 Å². The van der Waals surface area contributed by atoms with E-state index in [0.29, 0.717) is 26.2 Å². The third-order valence-corrected chi connectivity index (χ3v) is 4.57. The number of amides is 2. The van der Waals surface area contributed by atoms with Crippen LogP contribution < -0.4 is 20.3 Å². The lowest BCUT2D eigenvalue weighted by molar-refractivity contribution is -0.135. The number of carbonyl (C=O) groups is 2. The third kappa shape index (κ3) is 3.62. The first-order chi connectivity index (χ1) is 11.7. The van der Waals surface area contributed by atoms with Crippen molar-refractivity contribution in [2.75, 3.05) is 51.3 Å². The molecule has 2 aliphatic rings. The zero-order valence-electron chi connectivity index (χ0n) is 14.0. The van der Waals surface area contributed by atoms with E-state index in [9.17, 15) is 9.59 Å². The molecular weight excluding hydrogens is 308 g/mol. The number of carbonyl (C=O) groups excluding carboxylic acids is 2. The lowest BCUT2D eigenvalue weighted by Gasteiger charge is -2.37. The summed E-state index contributed by atoms with van der Waals surface area (Å²) in [6.07, 6.45) is 0.223. The quantitative estimate of drug-likeness (QED) is 0.800. The Morgan fingerprint density at radius 2 is 1.96 bits per heavy atom. The largest absolute Gasteiger partial charge is 0.495 e. The van der Waals surface area contributed by atoms with E-state index in [4.69, 9.17) is 4.74 Å². The normalized spacial score (nSPS) is 21.4. The van der Waals surface area contributed by atoms with Crippen LogP contribution in [0.3, 0.4) is 0 Å². The predicted molar refractivity (Wildman–Crippen MR) is 91.2 cm³/mol. The fraction of sp³-hybridized carbons (Fsp3) is 0.529. The number of nitrogens with one attached hydrogen (secondary N) is 2. The van der Waals surface area contributed by atoms with Crippen molar-refractivity contribution in [2.45, 2.75) is 12.5 Å². The van der Waals surface area contributed by atoms with Gasteiger partial charge < -0.3 is 25.2 Å². The molecule has 2 heterocycles. The average molecular weight is 332 g/mol. The molecule has 2 fully saturated rings. The van der Waals surface area contributed by atoms with Crippen molar-refractivity contribution in [2.24, 2.45) is 0 Å². The minimum Gasteiger partial charge on any atom is -0.495 e. The molecule has 1 aromatic carbocycles. The van der Waals surface area contributed by atoms with Gasteiger partial charge in [-0.3, -0.25) is 9.59 Å². The van der Waals surface area contributed by atoms with E-state index >= 15 is 0 Å². The van der Waals surface area contributed by atoms with E-state index < -0.39 is 6.04 Å². The summed E-state index contributed by atoms with van der Waals surface area (Å²) in [5.74, 6) is 0.798. The number of anilines is 1. The minimum atomic E-state index is -0.404. The Morgan fingerprint density at radius 1 is 1.21 bits per heavy atom. The Morgan fingerprint density at radius 3 is 2.67 bits per heavy atom. The van der Waals surface area contributed by atoms with E-state index in [1.54, 1.807) is 7.11 Å². The second-order valence-electron chi connectivity index (χ2n) is 6.04. The van der Waals surface area contributed by atoms with Gasteiger partial charge in [-0.05, 0) is 12.1 Å². The maximum Gasteiger partial charge on any atom is 0.237 e. The van der Waals surface area contributed by atoms with Crippen molar-refractivity contribution in [3.8, 4) is 5.75 Å². The lowest BCUT2D eigenvalue weighted by Crippen LogP contribution is -2.56. The molecule has 7 nitrogen and oxygen atoms in total. The van der Waals surface area contributed by atoms with Gasteiger partial charge in [0, 0.05) is 39.3 Å². The molecule has 0 bridgehead atoms. The van der Waals surface area contributed by atoms with Crippen LogP contribution in [-0.2, 0) is 9.59 Å². The number of methoxy groups -OCH3 is 1. The van der Waals surface area contributed by atoms with E-state index in [2.05, 4.69) is 15.5 Å². The van der Waals surface area contributed by atoms with Gasteiger partial charge in [0.05, 0.1) is 25.3 Å². The fourth-order valence-electron chi connectivity index (χ4n) is 3.20. The van der Waals surface area contributed by atoms with Crippen LogP contribution in [0.4, 0.5) is 5.69 Å². The van der Waals surface area contributed by atoms with Gasteiger partial charge in [0.25, 0.3) is 0 Å². The molecule has 24 heavy (non-hydrogen) atoms. The van der Waals surface area contributed by atoms with Crippen LogP contribution >= 0.6 is 0 Å². The van der Waals surface area contributed by atoms with Gasteiger partial charge in [-0.2, -0.15) is 0 Å². The zero-order chi connectivity index (χ0) is 16.9. The molecule has 1 unspecified atom stereocenters. The minimum absolute atomic E-state index is 0.0317. The van der Waals surface area contributed by atoms with E-state index in [-0.39, 0.29) is 18.2 Å². The summed E-state index contributed by atoms with van der Waals surface area (Å²) in [6, 6.07) is 7.51. The molecule has 0 saturated carbocycles. The summed E-state index contributed by atoms with van der Waals surface area (Å²) in [4.78, 5) is 28.3. The number of benzene rings is 1. The number of para-hydroxylation sites is 2. The molecule has 2 saturated heterocycles. The summed E-state index contributed by atoms with van der Waals surface area (Å²) in [5, 5.41) is 5.89. The van der Waals surface area contributed by atoms with Crippen LogP contribution in [0.1, 0.15) is 6.42 Å². The second kappa shape index (κ2) is 7.53. The molecule has 0 aromatic heterocycles. The molecule has 3 rings (SSSR count). The topological polar surface area (TPSA) is 73.9 Å². The highest BCUT2D eigenvalue weighted by Crippen LogP contribution is 2.28. The predicted octanol–water partition coefficient (Wildman–Crippen LogP) is -0.178. The molecule has 130 valence electrons. The third-order valence-electron chi connectivity index (χ3n) is 4.57. The van der Waals surface area contributed by atoms with Gasteiger partial charge in [0.15, 0.2) is 0 Å². The molecule has 7 heteroatoms. The Balaban J connectivity index is 1.54. The number of hydrogen-bond donors (Lipinski definition) is 2. The molecule has 2 N–H and O–H groups in total. The summed E-state index contributed by atoms with van der Waals surface area (Å²) in [5.41, 5.74) is 1.06. The SMILES string of the molecule is COc1ccccc1N1CCN(C(=O)CC2NCCNC2=O)CC1. The Hall–Kier alpha value is -2.28. The van der Waals surface area contributed by atoms with Crippen LogP contribution in [0.2, 0.25) is 0 Å². The number of nitrogens with zero attached hydrogens (tertiary/aromatic N) is 2. The van der Waals surface area contributed by atoms with Crippen molar-refractivity contribution >= 4 is 17.5 Å². The molecule has 1 aromatic rings. The standard InChI is InChI=1S/C17H24N4O3/c1-24-15-5-3-2-4-14(15)20-8-10-21(11-9-20)16(22)12-13-17(23)19-7-6-18-13/h2-5,13,18H,6-12H2,1H3,(H,19,23). The fourth-order valence-corrected chi connectivity index (χ4v) is 3.20. The summed E-state index contributed by atoms with van der Waals surface area (Å²) >= 11 is 0. The van der Waals surface area contributed by atoms with Crippen LogP contribution in [0.15, 0.2) is 24.3 Å². The van der Waals surface area contributed by atoms with Crippen molar-refractivity contribution in [3.63, 3.8) is 0 Å². The van der Waals surface area contributed by atoms with Crippen molar-refractivity contribution < 1.29 is 14.3 Å². The van der Waals surface area contributed by atoms with Crippen molar-refractivity contribution in [3.05, 3.63) is 24.3 Å². The summed E-state index contributed by atoms with van der Waals surface area (Å²) in [7, 11) is 1.67. The van der Waals surface area contributed by atoms with Gasteiger partial charge in [-0.15, -0.1) is 0 Å².